The maximum atomic E-state index is 12.1. The normalized spacial score (nSPS) is 21.7. The fourth-order valence-electron chi connectivity index (χ4n) is 2.52. The minimum Gasteiger partial charge on any atom is -0.380 e. The number of amides is 1. The Morgan fingerprint density at radius 1 is 1.43 bits per heavy atom. The van der Waals surface area contributed by atoms with Crippen LogP contribution in [0, 0.1) is 5.92 Å². The van der Waals surface area contributed by atoms with E-state index in [0.29, 0.717) is 17.0 Å². The van der Waals surface area contributed by atoms with E-state index in [-0.39, 0.29) is 23.5 Å². The van der Waals surface area contributed by atoms with Crippen LogP contribution in [-0.4, -0.2) is 27.5 Å². The number of carbonyl (C=O) groups is 1. The number of hydrogen-bond donors (Lipinski definition) is 2. The van der Waals surface area contributed by atoms with Crippen LogP contribution in [0.3, 0.4) is 0 Å². The van der Waals surface area contributed by atoms with Gasteiger partial charge in [0.25, 0.3) is 5.91 Å². The molecule has 0 spiro atoms. The molecule has 116 valence electrons. The van der Waals surface area contributed by atoms with Gasteiger partial charge in [0.15, 0.2) is 0 Å². The van der Waals surface area contributed by atoms with Gasteiger partial charge in [0, 0.05) is 18.7 Å². The molecule has 0 aliphatic heterocycles. The number of nitrogens with one attached hydrogen (secondary N) is 1. The number of hydrogen-bond acceptors (Lipinski definition) is 4. The van der Waals surface area contributed by atoms with E-state index in [9.17, 15) is 13.2 Å². The van der Waals surface area contributed by atoms with Crippen molar-refractivity contribution in [2.75, 3.05) is 7.11 Å². The zero-order valence-corrected chi connectivity index (χ0v) is 12.9. The first-order valence-electron chi connectivity index (χ1n) is 6.76. The van der Waals surface area contributed by atoms with Crippen molar-refractivity contribution in [3.8, 4) is 0 Å². The monoisotopic (exact) mass is 312 g/mol. The summed E-state index contributed by atoms with van der Waals surface area (Å²) in [6, 6.07) is 4.62. The van der Waals surface area contributed by atoms with Gasteiger partial charge < -0.3 is 10.1 Å². The summed E-state index contributed by atoms with van der Waals surface area (Å²) in [6.07, 6.45) is 1.91. The third kappa shape index (κ3) is 3.81. The molecule has 0 aromatic heterocycles. The fraction of sp³-hybridized carbons (Fsp3) is 0.500. The largest absolute Gasteiger partial charge is 0.380 e. The quantitative estimate of drug-likeness (QED) is 0.847. The zero-order chi connectivity index (χ0) is 15.6. The molecule has 1 saturated carbocycles. The second kappa shape index (κ2) is 6.13. The molecule has 0 bridgehead atoms. The second-order valence-corrected chi connectivity index (χ2v) is 7.08. The highest BCUT2D eigenvalue weighted by atomic mass is 32.2. The summed E-state index contributed by atoms with van der Waals surface area (Å²) in [5.41, 5.74) is 0.729. The summed E-state index contributed by atoms with van der Waals surface area (Å²) < 4.78 is 28.2. The Hall–Kier alpha value is -1.44. The van der Waals surface area contributed by atoms with Crippen LogP contribution < -0.4 is 10.5 Å². The molecule has 6 nitrogen and oxygen atoms in total. The number of sulfonamides is 1. The Morgan fingerprint density at radius 3 is 2.62 bits per heavy atom. The molecular formula is C14H20N2O4S. The van der Waals surface area contributed by atoms with Crippen LogP contribution in [0.2, 0.25) is 0 Å². The van der Waals surface area contributed by atoms with E-state index >= 15 is 0 Å². The van der Waals surface area contributed by atoms with Crippen molar-refractivity contribution in [1.82, 2.24) is 5.32 Å². The van der Waals surface area contributed by atoms with Gasteiger partial charge in [-0.05, 0) is 36.5 Å². The number of rotatable bonds is 5. The van der Waals surface area contributed by atoms with Gasteiger partial charge in [-0.15, -0.1) is 0 Å². The van der Waals surface area contributed by atoms with E-state index < -0.39 is 10.0 Å². The maximum Gasteiger partial charge on any atom is 0.251 e. The molecule has 1 amide bonds. The number of benzene rings is 1. The van der Waals surface area contributed by atoms with Gasteiger partial charge in [0.05, 0.1) is 11.5 Å². The van der Waals surface area contributed by atoms with Gasteiger partial charge in [-0.1, -0.05) is 13.0 Å². The van der Waals surface area contributed by atoms with Crippen LogP contribution in [0.5, 0.6) is 0 Å². The molecule has 0 radical (unpaired) electrons. The van der Waals surface area contributed by atoms with Crippen LogP contribution in [0.15, 0.2) is 23.1 Å². The predicted molar refractivity (Wildman–Crippen MR) is 78.2 cm³/mol. The number of primary sulfonamides is 1. The van der Waals surface area contributed by atoms with E-state index in [2.05, 4.69) is 12.2 Å². The standard InChI is InChI=1S/C14H20N2O4S/c1-9-5-12(6-9)16-14(17)10-3-4-11(8-20-2)13(7-10)21(15,18)19/h3-4,7,9,12H,5-6,8H2,1-2H3,(H,16,17)(H2,15,18,19). The Balaban J connectivity index is 2.22. The number of ether oxygens (including phenoxy) is 1. The van der Waals surface area contributed by atoms with Gasteiger partial charge >= 0.3 is 0 Å². The molecule has 0 unspecified atom stereocenters. The Labute approximate surface area is 124 Å². The lowest BCUT2D eigenvalue weighted by molar-refractivity contribution is 0.0895. The number of carbonyl (C=O) groups excluding carboxylic acids is 1. The molecule has 3 N–H and O–H groups in total. The second-order valence-electron chi connectivity index (χ2n) is 5.55. The SMILES string of the molecule is COCc1ccc(C(=O)NC2CC(C)C2)cc1S(N)(=O)=O. The molecule has 2 rings (SSSR count). The van der Waals surface area contributed by atoms with Gasteiger partial charge in [-0.25, -0.2) is 13.6 Å². The van der Waals surface area contributed by atoms with Crippen molar-refractivity contribution in [1.29, 1.82) is 0 Å². The zero-order valence-electron chi connectivity index (χ0n) is 12.1. The van der Waals surface area contributed by atoms with E-state index in [4.69, 9.17) is 9.88 Å². The minimum absolute atomic E-state index is 0.0704. The lowest BCUT2D eigenvalue weighted by atomic mass is 9.82. The van der Waals surface area contributed by atoms with Crippen molar-refractivity contribution in [2.24, 2.45) is 11.1 Å². The Bertz CT molecular complexity index is 636. The molecule has 1 aromatic carbocycles. The highest BCUT2D eigenvalue weighted by molar-refractivity contribution is 7.89. The average Bonchev–Trinajstić information content (AvgIpc) is 2.36. The molecule has 1 aliphatic carbocycles. The van der Waals surface area contributed by atoms with Crippen molar-refractivity contribution < 1.29 is 17.9 Å². The summed E-state index contributed by atoms with van der Waals surface area (Å²) in [5.74, 6) is 0.347. The number of nitrogens with two attached hydrogens (primary N) is 1. The molecule has 1 aliphatic rings. The van der Waals surface area contributed by atoms with Crippen LogP contribution in [0.25, 0.3) is 0 Å². The predicted octanol–water partition coefficient (Wildman–Crippen LogP) is 1.01. The highest BCUT2D eigenvalue weighted by Gasteiger charge is 2.27. The van der Waals surface area contributed by atoms with Gasteiger partial charge in [-0.3, -0.25) is 4.79 Å². The van der Waals surface area contributed by atoms with Crippen molar-refractivity contribution in [2.45, 2.75) is 37.3 Å². The van der Waals surface area contributed by atoms with Crippen LogP contribution in [0.1, 0.15) is 35.7 Å². The summed E-state index contributed by atoms with van der Waals surface area (Å²) >= 11 is 0. The lowest BCUT2D eigenvalue weighted by Crippen LogP contribution is -2.43. The molecule has 1 fully saturated rings. The van der Waals surface area contributed by atoms with Gasteiger partial charge in [0.2, 0.25) is 10.0 Å². The van der Waals surface area contributed by atoms with Gasteiger partial charge in [-0.2, -0.15) is 0 Å². The highest BCUT2D eigenvalue weighted by Crippen LogP contribution is 2.26. The van der Waals surface area contributed by atoms with E-state index in [1.165, 1.54) is 13.2 Å². The van der Waals surface area contributed by atoms with Crippen LogP contribution in [-0.2, 0) is 21.4 Å². The van der Waals surface area contributed by atoms with Crippen molar-refractivity contribution >= 4 is 15.9 Å². The first-order chi connectivity index (χ1) is 9.81. The minimum atomic E-state index is -3.90. The lowest BCUT2D eigenvalue weighted by Gasteiger charge is -2.33. The van der Waals surface area contributed by atoms with Crippen molar-refractivity contribution in [3.63, 3.8) is 0 Å². The van der Waals surface area contributed by atoms with Crippen molar-refractivity contribution in [3.05, 3.63) is 29.3 Å². The summed E-state index contributed by atoms with van der Waals surface area (Å²) in [4.78, 5) is 12.1. The first kappa shape index (κ1) is 15.9. The van der Waals surface area contributed by atoms with E-state index in [0.717, 1.165) is 12.8 Å². The summed E-state index contributed by atoms with van der Waals surface area (Å²) in [6.45, 7) is 2.25. The van der Waals surface area contributed by atoms with E-state index in [1.807, 2.05) is 0 Å². The molecule has 0 saturated heterocycles. The number of methoxy groups -OCH3 is 1. The fourth-order valence-corrected chi connectivity index (χ4v) is 3.31. The maximum absolute atomic E-state index is 12.1. The van der Waals surface area contributed by atoms with Gasteiger partial charge in [0.1, 0.15) is 0 Å². The average molecular weight is 312 g/mol. The van der Waals surface area contributed by atoms with E-state index in [1.54, 1.807) is 12.1 Å². The van der Waals surface area contributed by atoms with Crippen LogP contribution in [0.4, 0.5) is 0 Å². The summed E-state index contributed by atoms with van der Waals surface area (Å²) in [5, 5.41) is 8.09. The third-order valence-electron chi connectivity index (χ3n) is 3.64. The Morgan fingerprint density at radius 2 is 2.10 bits per heavy atom. The van der Waals surface area contributed by atoms with Crippen LogP contribution >= 0.6 is 0 Å². The smallest absolute Gasteiger partial charge is 0.251 e. The molecular weight excluding hydrogens is 292 g/mol. The summed E-state index contributed by atoms with van der Waals surface area (Å²) in [7, 11) is -2.44. The molecule has 0 heterocycles. The molecule has 7 heteroatoms. The topological polar surface area (TPSA) is 98.5 Å². The first-order valence-corrected chi connectivity index (χ1v) is 8.31. The molecule has 21 heavy (non-hydrogen) atoms. The molecule has 0 atom stereocenters. The molecule has 1 aromatic rings. The Kier molecular flexibility index (Phi) is 4.65. The third-order valence-corrected chi connectivity index (χ3v) is 4.64.